The van der Waals surface area contributed by atoms with Gasteiger partial charge in [0.2, 0.25) is 5.91 Å². The van der Waals surface area contributed by atoms with E-state index in [-0.39, 0.29) is 24.4 Å². The fourth-order valence-electron chi connectivity index (χ4n) is 2.12. The Morgan fingerprint density at radius 2 is 1.88 bits per heavy atom. The van der Waals surface area contributed by atoms with Gasteiger partial charge in [0.1, 0.15) is 17.4 Å². The minimum Gasteiger partial charge on any atom is -0.492 e. The summed E-state index contributed by atoms with van der Waals surface area (Å²) in [6.45, 7) is 2.31. The van der Waals surface area contributed by atoms with Crippen molar-refractivity contribution in [3.05, 3.63) is 59.7 Å². The van der Waals surface area contributed by atoms with Gasteiger partial charge in [-0.05, 0) is 31.2 Å². The SMILES string of the molecule is CCOc1ccccc1NC(=O)CCNC(=O)c1ccc(F)cc1F. The highest BCUT2D eigenvalue weighted by atomic mass is 19.1. The molecule has 0 aliphatic carbocycles. The zero-order chi connectivity index (χ0) is 18.2. The number of anilines is 1. The monoisotopic (exact) mass is 348 g/mol. The van der Waals surface area contributed by atoms with E-state index in [0.717, 1.165) is 12.1 Å². The van der Waals surface area contributed by atoms with E-state index in [1.165, 1.54) is 0 Å². The Bertz CT molecular complexity index is 766. The Morgan fingerprint density at radius 1 is 1.12 bits per heavy atom. The van der Waals surface area contributed by atoms with Crippen LogP contribution in [0.5, 0.6) is 5.75 Å². The molecule has 2 N–H and O–H groups in total. The van der Waals surface area contributed by atoms with Crippen molar-refractivity contribution in [2.24, 2.45) is 0 Å². The molecule has 0 bridgehead atoms. The van der Waals surface area contributed by atoms with Crippen molar-refractivity contribution in [2.75, 3.05) is 18.5 Å². The van der Waals surface area contributed by atoms with Crippen molar-refractivity contribution in [3.63, 3.8) is 0 Å². The Kier molecular flexibility index (Phi) is 6.45. The smallest absolute Gasteiger partial charge is 0.254 e. The van der Waals surface area contributed by atoms with Crippen LogP contribution in [0.25, 0.3) is 0 Å². The molecule has 2 amide bonds. The van der Waals surface area contributed by atoms with E-state index in [1.807, 2.05) is 6.92 Å². The first-order valence-corrected chi connectivity index (χ1v) is 7.76. The largest absolute Gasteiger partial charge is 0.492 e. The van der Waals surface area contributed by atoms with Gasteiger partial charge in [0, 0.05) is 19.0 Å². The van der Waals surface area contributed by atoms with Crippen LogP contribution in [0.3, 0.4) is 0 Å². The maximum atomic E-state index is 13.5. The average Bonchev–Trinajstić information content (AvgIpc) is 2.56. The first-order valence-electron chi connectivity index (χ1n) is 7.76. The highest BCUT2D eigenvalue weighted by Gasteiger charge is 2.13. The van der Waals surface area contributed by atoms with Gasteiger partial charge in [0.15, 0.2) is 0 Å². The van der Waals surface area contributed by atoms with Gasteiger partial charge >= 0.3 is 0 Å². The molecule has 2 aromatic carbocycles. The first-order chi connectivity index (χ1) is 12.0. The van der Waals surface area contributed by atoms with Gasteiger partial charge in [-0.15, -0.1) is 0 Å². The summed E-state index contributed by atoms with van der Waals surface area (Å²) >= 11 is 0. The van der Waals surface area contributed by atoms with Crippen molar-refractivity contribution in [1.82, 2.24) is 5.32 Å². The van der Waals surface area contributed by atoms with Gasteiger partial charge in [-0.3, -0.25) is 9.59 Å². The molecule has 5 nitrogen and oxygen atoms in total. The van der Waals surface area contributed by atoms with E-state index < -0.39 is 17.5 Å². The molecule has 25 heavy (non-hydrogen) atoms. The third kappa shape index (κ3) is 5.27. The Hall–Kier alpha value is -2.96. The molecule has 0 aromatic heterocycles. The standard InChI is InChI=1S/C18H18F2N2O3/c1-2-25-16-6-4-3-5-15(16)22-17(23)9-10-21-18(24)13-8-7-12(19)11-14(13)20/h3-8,11H,2,9-10H2,1H3,(H,21,24)(H,22,23). The summed E-state index contributed by atoms with van der Waals surface area (Å²) in [6.07, 6.45) is -0.00495. The van der Waals surface area contributed by atoms with Crippen LogP contribution < -0.4 is 15.4 Å². The highest BCUT2D eigenvalue weighted by molar-refractivity contribution is 5.95. The second-order valence-corrected chi connectivity index (χ2v) is 5.11. The summed E-state index contributed by atoms with van der Waals surface area (Å²) in [6, 6.07) is 9.67. The molecule has 0 atom stereocenters. The number of para-hydroxylation sites is 2. The van der Waals surface area contributed by atoms with Gasteiger partial charge < -0.3 is 15.4 Å². The van der Waals surface area contributed by atoms with Gasteiger partial charge in [-0.25, -0.2) is 8.78 Å². The van der Waals surface area contributed by atoms with E-state index in [4.69, 9.17) is 4.74 Å². The summed E-state index contributed by atoms with van der Waals surface area (Å²) < 4.78 is 31.7. The molecule has 0 saturated heterocycles. The van der Waals surface area contributed by atoms with Crippen LogP contribution in [-0.2, 0) is 4.79 Å². The minimum absolute atomic E-state index is 0.00495. The van der Waals surface area contributed by atoms with Crippen LogP contribution in [0, 0.1) is 11.6 Å². The van der Waals surface area contributed by atoms with Crippen LogP contribution >= 0.6 is 0 Å². The number of nitrogens with one attached hydrogen (secondary N) is 2. The van der Waals surface area contributed by atoms with E-state index in [1.54, 1.807) is 24.3 Å². The predicted molar refractivity (Wildman–Crippen MR) is 89.5 cm³/mol. The molecule has 132 valence electrons. The number of amides is 2. The predicted octanol–water partition coefficient (Wildman–Crippen LogP) is 3.12. The number of carbonyl (C=O) groups is 2. The van der Waals surface area contributed by atoms with Crippen molar-refractivity contribution in [2.45, 2.75) is 13.3 Å². The van der Waals surface area contributed by atoms with Crippen molar-refractivity contribution in [3.8, 4) is 5.75 Å². The van der Waals surface area contributed by atoms with Crippen LogP contribution in [0.1, 0.15) is 23.7 Å². The quantitative estimate of drug-likeness (QED) is 0.808. The average molecular weight is 348 g/mol. The molecular weight excluding hydrogens is 330 g/mol. The zero-order valence-electron chi connectivity index (χ0n) is 13.6. The number of benzene rings is 2. The number of halogens is 2. The molecule has 0 aliphatic rings. The second-order valence-electron chi connectivity index (χ2n) is 5.11. The lowest BCUT2D eigenvalue weighted by Crippen LogP contribution is -2.28. The number of hydrogen-bond acceptors (Lipinski definition) is 3. The van der Waals surface area contributed by atoms with Crippen LogP contribution in [-0.4, -0.2) is 25.0 Å². The normalized spacial score (nSPS) is 10.2. The second kappa shape index (κ2) is 8.77. The van der Waals surface area contributed by atoms with Gasteiger partial charge in [0.25, 0.3) is 5.91 Å². The summed E-state index contributed by atoms with van der Waals surface area (Å²) in [5.41, 5.74) is 0.258. The molecule has 2 aromatic rings. The fraction of sp³-hybridized carbons (Fsp3) is 0.222. The van der Waals surface area contributed by atoms with Gasteiger partial charge in [-0.1, -0.05) is 12.1 Å². The number of hydrogen-bond donors (Lipinski definition) is 2. The van der Waals surface area contributed by atoms with Crippen molar-refractivity contribution in [1.29, 1.82) is 0 Å². The molecule has 7 heteroatoms. The Labute approximate surface area is 144 Å². The molecule has 0 saturated carbocycles. The highest BCUT2D eigenvalue weighted by Crippen LogP contribution is 2.23. The maximum absolute atomic E-state index is 13.5. The van der Waals surface area contributed by atoms with E-state index in [0.29, 0.717) is 24.1 Å². The maximum Gasteiger partial charge on any atom is 0.254 e. The van der Waals surface area contributed by atoms with E-state index in [9.17, 15) is 18.4 Å². The molecule has 0 spiro atoms. The van der Waals surface area contributed by atoms with E-state index in [2.05, 4.69) is 10.6 Å². The lowest BCUT2D eigenvalue weighted by atomic mass is 10.2. The molecular formula is C18H18F2N2O3. The topological polar surface area (TPSA) is 67.4 Å². The summed E-state index contributed by atoms with van der Waals surface area (Å²) in [4.78, 5) is 23.8. The molecule has 0 heterocycles. The van der Waals surface area contributed by atoms with Crippen LogP contribution in [0.4, 0.5) is 14.5 Å². The first kappa shape index (κ1) is 18.4. The lowest BCUT2D eigenvalue weighted by Gasteiger charge is -2.11. The summed E-state index contributed by atoms with van der Waals surface area (Å²) in [7, 11) is 0. The Morgan fingerprint density at radius 3 is 2.60 bits per heavy atom. The fourth-order valence-corrected chi connectivity index (χ4v) is 2.12. The number of carbonyl (C=O) groups excluding carboxylic acids is 2. The van der Waals surface area contributed by atoms with E-state index >= 15 is 0 Å². The number of rotatable bonds is 7. The summed E-state index contributed by atoms with van der Waals surface area (Å²) in [5.74, 6) is -2.20. The van der Waals surface area contributed by atoms with Crippen LogP contribution in [0.2, 0.25) is 0 Å². The molecule has 0 fully saturated rings. The summed E-state index contributed by atoms with van der Waals surface area (Å²) in [5, 5.41) is 5.11. The third-order valence-electron chi connectivity index (χ3n) is 3.27. The Balaban J connectivity index is 1.85. The molecule has 0 aliphatic heterocycles. The molecule has 2 rings (SSSR count). The van der Waals surface area contributed by atoms with Crippen LogP contribution in [0.15, 0.2) is 42.5 Å². The zero-order valence-corrected chi connectivity index (χ0v) is 13.6. The van der Waals surface area contributed by atoms with Gasteiger partial charge in [-0.2, -0.15) is 0 Å². The van der Waals surface area contributed by atoms with Crippen molar-refractivity contribution >= 4 is 17.5 Å². The number of ether oxygens (including phenoxy) is 1. The minimum atomic E-state index is -0.951. The lowest BCUT2D eigenvalue weighted by molar-refractivity contribution is -0.116. The molecule has 0 unspecified atom stereocenters. The van der Waals surface area contributed by atoms with Crippen molar-refractivity contribution < 1.29 is 23.1 Å². The molecule has 0 radical (unpaired) electrons. The third-order valence-corrected chi connectivity index (χ3v) is 3.27. The van der Waals surface area contributed by atoms with Gasteiger partial charge in [0.05, 0.1) is 17.9 Å².